The van der Waals surface area contributed by atoms with Crippen molar-refractivity contribution >= 4 is 29.9 Å². The Labute approximate surface area is 172 Å². The number of hydrogen-bond donors (Lipinski definition) is 2. The molecule has 0 bridgehead atoms. The van der Waals surface area contributed by atoms with Gasteiger partial charge in [-0.25, -0.2) is 4.39 Å². The van der Waals surface area contributed by atoms with Crippen LogP contribution in [0.3, 0.4) is 0 Å². The van der Waals surface area contributed by atoms with Crippen molar-refractivity contribution in [2.24, 2.45) is 4.99 Å². The molecule has 2 aromatic rings. The van der Waals surface area contributed by atoms with E-state index >= 15 is 0 Å². The van der Waals surface area contributed by atoms with Gasteiger partial charge in [0.05, 0.1) is 12.1 Å². The fourth-order valence-electron chi connectivity index (χ4n) is 2.75. The fourth-order valence-corrected chi connectivity index (χ4v) is 2.75. The third-order valence-electron chi connectivity index (χ3n) is 4.21. The van der Waals surface area contributed by atoms with Crippen LogP contribution in [0.15, 0.2) is 53.5 Å². The van der Waals surface area contributed by atoms with Gasteiger partial charge in [0.15, 0.2) is 5.96 Å². The first-order valence-electron chi connectivity index (χ1n) is 8.36. The molecule has 0 aromatic heterocycles. The average Bonchev–Trinajstić information content (AvgIpc) is 2.62. The molecule has 0 saturated heterocycles. The first-order chi connectivity index (χ1) is 12.0. The molecule has 2 N–H and O–H groups in total. The molecule has 0 fully saturated rings. The van der Waals surface area contributed by atoms with Gasteiger partial charge >= 0.3 is 0 Å². The molecule has 4 nitrogen and oxygen atoms in total. The molecular weight excluding hydrogens is 444 g/mol. The van der Waals surface area contributed by atoms with Crippen molar-refractivity contribution in [3.63, 3.8) is 0 Å². The Bertz CT molecular complexity index is 706. The van der Waals surface area contributed by atoms with E-state index in [0.29, 0.717) is 12.5 Å². The number of guanidine groups is 1. The molecule has 0 aliphatic rings. The molecule has 0 spiro atoms. The summed E-state index contributed by atoms with van der Waals surface area (Å²) in [5, 5.41) is 6.66. The zero-order valence-corrected chi connectivity index (χ0v) is 18.0. The van der Waals surface area contributed by atoms with Crippen LogP contribution >= 0.6 is 24.0 Å². The Morgan fingerprint density at radius 1 is 1.15 bits per heavy atom. The van der Waals surface area contributed by atoms with Crippen molar-refractivity contribution in [3.8, 4) is 0 Å². The lowest BCUT2D eigenvalue weighted by Crippen LogP contribution is -2.40. The summed E-state index contributed by atoms with van der Waals surface area (Å²) in [6, 6.07) is 14.7. The number of nitrogens with zero attached hydrogens (tertiary/aromatic N) is 1. The van der Waals surface area contributed by atoms with Crippen LogP contribution in [0.5, 0.6) is 0 Å². The van der Waals surface area contributed by atoms with E-state index in [1.807, 2.05) is 12.1 Å². The van der Waals surface area contributed by atoms with E-state index in [1.54, 1.807) is 26.3 Å². The number of hydrogen-bond acceptors (Lipinski definition) is 2. The monoisotopic (exact) mass is 471 g/mol. The summed E-state index contributed by atoms with van der Waals surface area (Å²) < 4.78 is 18.6. The van der Waals surface area contributed by atoms with Crippen LogP contribution in [-0.2, 0) is 4.74 Å². The molecule has 2 unspecified atom stereocenters. The maximum Gasteiger partial charge on any atom is 0.191 e. The molecule has 6 heteroatoms. The van der Waals surface area contributed by atoms with Gasteiger partial charge in [-0.2, -0.15) is 0 Å². The van der Waals surface area contributed by atoms with Crippen LogP contribution in [0.2, 0.25) is 0 Å². The molecule has 0 amide bonds. The lowest BCUT2D eigenvalue weighted by atomic mass is 10.0. The molecule has 0 heterocycles. The van der Waals surface area contributed by atoms with Gasteiger partial charge in [-0.3, -0.25) is 4.99 Å². The highest BCUT2D eigenvalue weighted by molar-refractivity contribution is 14.0. The van der Waals surface area contributed by atoms with Gasteiger partial charge in [0.1, 0.15) is 5.82 Å². The van der Waals surface area contributed by atoms with E-state index in [-0.39, 0.29) is 41.9 Å². The van der Waals surface area contributed by atoms with Gasteiger partial charge in [-0.15, -0.1) is 24.0 Å². The third-order valence-corrected chi connectivity index (χ3v) is 4.21. The lowest BCUT2D eigenvalue weighted by Gasteiger charge is -2.22. The summed E-state index contributed by atoms with van der Waals surface area (Å²) in [5.41, 5.74) is 3.38. The molecule has 0 aliphatic carbocycles. The van der Waals surface area contributed by atoms with E-state index in [4.69, 9.17) is 4.74 Å². The predicted octanol–water partition coefficient (Wildman–Crippen LogP) is 4.37. The Hall–Kier alpha value is -1.67. The van der Waals surface area contributed by atoms with Gasteiger partial charge in [0.25, 0.3) is 0 Å². The van der Waals surface area contributed by atoms with E-state index in [9.17, 15) is 4.39 Å². The maximum absolute atomic E-state index is 13.1. The molecule has 2 rings (SSSR count). The summed E-state index contributed by atoms with van der Waals surface area (Å²) in [5.74, 6) is 0.441. The summed E-state index contributed by atoms with van der Waals surface area (Å²) in [7, 11) is 3.38. The van der Waals surface area contributed by atoms with Gasteiger partial charge in [0.2, 0.25) is 0 Å². The van der Waals surface area contributed by atoms with Crippen LogP contribution in [0.1, 0.15) is 35.8 Å². The van der Waals surface area contributed by atoms with Crippen LogP contribution in [-0.4, -0.2) is 26.7 Å². The fraction of sp³-hybridized carbons (Fsp3) is 0.350. The third kappa shape index (κ3) is 6.25. The van der Waals surface area contributed by atoms with E-state index in [1.165, 1.54) is 23.3 Å². The minimum atomic E-state index is -0.254. The van der Waals surface area contributed by atoms with Gasteiger partial charge < -0.3 is 15.4 Å². The highest BCUT2D eigenvalue weighted by atomic mass is 127. The van der Waals surface area contributed by atoms with E-state index < -0.39 is 0 Å². The average molecular weight is 471 g/mol. The second kappa shape index (κ2) is 11.1. The molecule has 0 radical (unpaired) electrons. The molecule has 26 heavy (non-hydrogen) atoms. The maximum atomic E-state index is 13.1. The smallest absolute Gasteiger partial charge is 0.191 e. The van der Waals surface area contributed by atoms with Crippen molar-refractivity contribution in [3.05, 3.63) is 71.0 Å². The Morgan fingerprint density at radius 3 is 2.38 bits per heavy atom. The van der Waals surface area contributed by atoms with Gasteiger partial charge in [0, 0.05) is 20.7 Å². The first kappa shape index (κ1) is 22.4. The van der Waals surface area contributed by atoms with E-state index in [2.05, 4.69) is 41.6 Å². The Kier molecular flexibility index (Phi) is 9.58. The molecule has 2 aromatic carbocycles. The van der Waals surface area contributed by atoms with Crippen LogP contribution in [0, 0.1) is 12.7 Å². The van der Waals surface area contributed by atoms with Crippen molar-refractivity contribution in [1.82, 2.24) is 10.6 Å². The van der Waals surface area contributed by atoms with Gasteiger partial charge in [-0.05, 0) is 42.7 Å². The Balaban J connectivity index is 0.00000338. The topological polar surface area (TPSA) is 45.7 Å². The normalized spacial score (nSPS) is 13.5. The number of ether oxygens (including phenoxy) is 1. The zero-order valence-electron chi connectivity index (χ0n) is 15.6. The molecular formula is C20H27FIN3O. The standard InChI is InChI=1S/C20H26FN3O.HI/c1-14-7-5-6-8-18(14)15(2)24-20(22-3)23-13-19(25-4)16-9-11-17(21)12-10-16;/h5-12,15,19H,13H2,1-4H3,(H2,22,23,24);1H. The number of aliphatic imine (C=N–C) groups is 1. The second-order valence-electron chi connectivity index (χ2n) is 5.95. The number of benzene rings is 2. The van der Waals surface area contributed by atoms with Crippen molar-refractivity contribution in [1.29, 1.82) is 0 Å². The number of rotatable bonds is 6. The zero-order chi connectivity index (χ0) is 18.2. The highest BCUT2D eigenvalue weighted by Gasteiger charge is 2.13. The molecule has 0 saturated carbocycles. The first-order valence-corrected chi connectivity index (χ1v) is 8.36. The second-order valence-corrected chi connectivity index (χ2v) is 5.95. The Morgan fingerprint density at radius 2 is 1.81 bits per heavy atom. The minimum absolute atomic E-state index is 0. The summed E-state index contributed by atoms with van der Waals surface area (Å²) in [6.45, 7) is 4.73. The van der Waals surface area contributed by atoms with Crippen LogP contribution < -0.4 is 10.6 Å². The number of methoxy groups -OCH3 is 1. The summed E-state index contributed by atoms with van der Waals surface area (Å²) >= 11 is 0. The lowest BCUT2D eigenvalue weighted by molar-refractivity contribution is 0.106. The molecule has 142 valence electrons. The van der Waals surface area contributed by atoms with Crippen molar-refractivity contribution in [2.45, 2.75) is 26.0 Å². The summed E-state index contributed by atoms with van der Waals surface area (Å²) in [4.78, 5) is 4.28. The highest BCUT2D eigenvalue weighted by Crippen LogP contribution is 2.18. The van der Waals surface area contributed by atoms with Crippen molar-refractivity contribution in [2.75, 3.05) is 20.7 Å². The van der Waals surface area contributed by atoms with Gasteiger partial charge in [-0.1, -0.05) is 36.4 Å². The largest absolute Gasteiger partial charge is 0.375 e. The summed E-state index contributed by atoms with van der Waals surface area (Å²) in [6.07, 6.45) is -0.187. The molecule has 2 atom stereocenters. The minimum Gasteiger partial charge on any atom is -0.375 e. The number of halogens is 2. The van der Waals surface area contributed by atoms with E-state index in [0.717, 1.165) is 5.56 Å². The SMILES string of the molecule is CN=C(NCC(OC)c1ccc(F)cc1)NC(C)c1ccccc1C.I. The number of aryl methyl sites for hydroxylation is 1. The predicted molar refractivity (Wildman–Crippen MR) is 116 cm³/mol. The quantitative estimate of drug-likeness (QED) is 0.374. The van der Waals surface area contributed by atoms with Crippen LogP contribution in [0.25, 0.3) is 0 Å². The van der Waals surface area contributed by atoms with Crippen LogP contribution in [0.4, 0.5) is 4.39 Å². The van der Waals surface area contributed by atoms with Crippen molar-refractivity contribution < 1.29 is 9.13 Å². The number of nitrogens with one attached hydrogen (secondary N) is 2. The molecule has 0 aliphatic heterocycles.